The molecule has 0 aliphatic heterocycles. The van der Waals surface area contributed by atoms with Crippen molar-refractivity contribution in [3.63, 3.8) is 0 Å². The van der Waals surface area contributed by atoms with Crippen LogP contribution in [0.1, 0.15) is 71.7 Å². The summed E-state index contributed by atoms with van der Waals surface area (Å²) in [6.07, 6.45) is -8.16. The molecule has 9 atom stereocenters. The van der Waals surface area contributed by atoms with Crippen LogP contribution in [0.15, 0.2) is 53.6 Å². The van der Waals surface area contributed by atoms with Gasteiger partial charge in [0.1, 0.15) is 12.2 Å². The van der Waals surface area contributed by atoms with Crippen LogP contribution in [-0.4, -0.2) is 81.4 Å². The summed E-state index contributed by atoms with van der Waals surface area (Å²) in [5.41, 5.74) is -4.09. The molecule has 4 rings (SSSR count). The van der Waals surface area contributed by atoms with E-state index in [0.717, 1.165) is 0 Å². The largest absolute Gasteiger partial charge is 0.462 e. The first-order valence-electron chi connectivity index (χ1n) is 14.6. The van der Waals surface area contributed by atoms with Gasteiger partial charge in [0.05, 0.1) is 34.2 Å². The third-order valence-corrected chi connectivity index (χ3v) is 9.74. The van der Waals surface area contributed by atoms with Crippen molar-refractivity contribution in [2.45, 2.75) is 104 Å². The molecule has 0 amide bonds. The molecule has 1 aromatic carbocycles. The fourth-order valence-corrected chi connectivity index (χ4v) is 7.80. The lowest BCUT2D eigenvalue weighted by Crippen LogP contribution is -2.63. The number of aliphatic hydroxyl groups excluding tert-OH is 2. The molecule has 11 nitrogen and oxygen atoms in total. The van der Waals surface area contributed by atoms with E-state index in [1.54, 1.807) is 44.2 Å². The van der Waals surface area contributed by atoms with Crippen molar-refractivity contribution < 1.29 is 53.4 Å². The number of hydrogen-bond donors (Lipinski definition) is 3. The molecule has 0 heterocycles. The molecule has 1 unspecified atom stereocenters. The number of rotatable bonds is 6. The van der Waals surface area contributed by atoms with Gasteiger partial charge in [-0.1, -0.05) is 31.7 Å². The molecule has 1 aromatic rings. The number of carbonyl (C=O) groups is 4. The summed E-state index contributed by atoms with van der Waals surface area (Å²) >= 11 is 0. The second-order valence-electron chi connectivity index (χ2n) is 12.9. The second-order valence-corrected chi connectivity index (χ2v) is 12.9. The maximum atomic E-state index is 13.7. The molecule has 0 spiro atoms. The van der Waals surface area contributed by atoms with Gasteiger partial charge in [0.2, 0.25) is 0 Å². The SMILES string of the molecule is C=C1C2[C@@H](OC(C)=O)[C@]3(C(C)(C)O)C[C@@H](O)C(C)=C3[C@@H](OC(=O)c3ccccc3)[C@@H](OC(C)=O)[C@]2(C)[C@@H](OC(C)=O)C[C@H]1O. The van der Waals surface area contributed by atoms with Gasteiger partial charge in [0.25, 0.3) is 0 Å². The summed E-state index contributed by atoms with van der Waals surface area (Å²) in [6, 6.07) is 8.10. The van der Waals surface area contributed by atoms with E-state index in [0.29, 0.717) is 5.57 Å². The maximum Gasteiger partial charge on any atom is 0.338 e. The highest BCUT2D eigenvalue weighted by molar-refractivity contribution is 5.89. The Morgan fingerprint density at radius 3 is 1.95 bits per heavy atom. The molecule has 0 radical (unpaired) electrons. The van der Waals surface area contributed by atoms with Crippen LogP contribution in [0.2, 0.25) is 0 Å². The average molecular weight is 615 g/mol. The fourth-order valence-electron chi connectivity index (χ4n) is 7.80. The molecule has 2 saturated carbocycles. The van der Waals surface area contributed by atoms with E-state index >= 15 is 0 Å². The van der Waals surface area contributed by atoms with Gasteiger partial charge in [-0.05, 0) is 56.0 Å². The molecule has 0 aromatic heterocycles. The van der Waals surface area contributed by atoms with Crippen molar-refractivity contribution in [1.29, 1.82) is 0 Å². The Hall–Kier alpha value is -3.54. The first kappa shape index (κ1) is 33.4. The Morgan fingerprint density at radius 1 is 0.886 bits per heavy atom. The van der Waals surface area contributed by atoms with Crippen LogP contribution in [-0.2, 0) is 33.3 Å². The second kappa shape index (κ2) is 11.8. The van der Waals surface area contributed by atoms with Gasteiger partial charge in [0.15, 0.2) is 12.2 Å². The van der Waals surface area contributed by atoms with E-state index in [1.165, 1.54) is 34.6 Å². The minimum Gasteiger partial charge on any atom is -0.462 e. The van der Waals surface area contributed by atoms with Crippen LogP contribution in [0.4, 0.5) is 0 Å². The molecule has 3 aliphatic rings. The Kier molecular flexibility index (Phi) is 8.91. The topological polar surface area (TPSA) is 166 Å². The lowest BCUT2D eigenvalue weighted by atomic mass is 9.54. The number of fused-ring (bicyclic) bond motifs is 2. The third-order valence-electron chi connectivity index (χ3n) is 9.74. The zero-order valence-corrected chi connectivity index (χ0v) is 26.2. The van der Waals surface area contributed by atoms with E-state index in [2.05, 4.69) is 6.58 Å². The molecule has 3 aliphatic carbocycles. The van der Waals surface area contributed by atoms with E-state index in [9.17, 15) is 34.5 Å². The van der Waals surface area contributed by atoms with Crippen LogP contribution in [0, 0.1) is 16.7 Å². The number of benzene rings is 1. The quantitative estimate of drug-likeness (QED) is 0.245. The summed E-state index contributed by atoms with van der Waals surface area (Å²) in [6.45, 7) is 13.9. The average Bonchev–Trinajstić information content (AvgIpc) is 3.15. The summed E-state index contributed by atoms with van der Waals surface area (Å²) in [7, 11) is 0. The summed E-state index contributed by atoms with van der Waals surface area (Å²) in [5, 5.41) is 34.7. The monoisotopic (exact) mass is 614 g/mol. The predicted octanol–water partition coefficient (Wildman–Crippen LogP) is 2.80. The van der Waals surface area contributed by atoms with Crippen molar-refractivity contribution in [2.24, 2.45) is 16.7 Å². The smallest absolute Gasteiger partial charge is 0.338 e. The Morgan fingerprint density at radius 2 is 1.43 bits per heavy atom. The first-order chi connectivity index (χ1) is 20.4. The standard InChI is InChI=1S/C33H42O11/c1-16-22(37)14-24(41-18(3)34)32(8)26(16)28(42-19(4)35)33(31(6,7)40)15-23(38)17(2)25(33)27(29(32)43-20(5)36)44-30(39)21-12-10-9-11-13-21/h9-13,22-24,26-29,37-38,40H,1,14-15H2,2-8H3/t22-,23-,24+,26?,27-,28-,29-,32-,33+/m1/s1. The summed E-state index contributed by atoms with van der Waals surface area (Å²) in [4.78, 5) is 51.9. The van der Waals surface area contributed by atoms with Gasteiger partial charge in [-0.15, -0.1) is 0 Å². The summed E-state index contributed by atoms with van der Waals surface area (Å²) < 4.78 is 24.1. The van der Waals surface area contributed by atoms with Gasteiger partial charge in [-0.25, -0.2) is 4.79 Å². The third kappa shape index (κ3) is 5.35. The van der Waals surface area contributed by atoms with Crippen LogP contribution in [0.5, 0.6) is 0 Å². The van der Waals surface area contributed by atoms with Gasteiger partial charge >= 0.3 is 23.9 Å². The maximum absolute atomic E-state index is 13.7. The fraction of sp³-hybridized carbons (Fsp3) is 0.576. The van der Waals surface area contributed by atoms with E-state index in [-0.39, 0.29) is 29.6 Å². The molecular formula is C33H42O11. The Balaban J connectivity index is 2.16. The molecular weight excluding hydrogens is 572 g/mol. The number of ether oxygens (including phenoxy) is 4. The van der Waals surface area contributed by atoms with Crippen molar-refractivity contribution >= 4 is 23.9 Å². The highest BCUT2D eigenvalue weighted by Gasteiger charge is 2.73. The summed E-state index contributed by atoms with van der Waals surface area (Å²) in [5.74, 6) is -4.11. The van der Waals surface area contributed by atoms with Gasteiger partial charge < -0.3 is 34.3 Å². The molecule has 240 valence electrons. The molecule has 3 N–H and O–H groups in total. The van der Waals surface area contributed by atoms with Crippen LogP contribution < -0.4 is 0 Å². The number of carbonyl (C=O) groups excluding carboxylic acids is 4. The van der Waals surface area contributed by atoms with Gasteiger partial charge in [-0.3, -0.25) is 14.4 Å². The van der Waals surface area contributed by atoms with E-state index < -0.39 is 82.8 Å². The van der Waals surface area contributed by atoms with Crippen molar-refractivity contribution in [1.82, 2.24) is 0 Å². The molecule has 11 heteroatoms. The minimum atomic E-state index is -1.77. The van der Waals surface area contributed by atoms with Crippen LogP contribution in [0.3, 0.4) is 0 Å². The molecule has 0 saturated heterocycles. The normalized spacial score (nSPS) is 35.1. The van der Waals surface area contributed by atoms with Crippen molar-refractivity contribution in [2.75, 3.05) is 0 Å². The zero-order valence-electron chi connectivity index (χ0n) is 26.2. The Labute approximate surface area is 256 Å². The van der Waals surface area contributed by atoms with Crippen LogP contribution >= 0.6 is 0 Å². The van der Waals surface area contributed by atoms with Crippen molar-refractivity contribution in [3.8, 4) is 0 Å². The zero-order chi connectivity index (χ0) is 32.9. The Bertz CT molecular complexity index is 1380. The number of hydrogen-bond acceptors (Lipinski definition) is 11. The minimum absolute atomic E-state index is 0.147. The van der Waals surface area contributed by atoms with Crippen molar-refractivity contribution in [3.05, 3.63) is 59.2 Å². The number of esters is 4. The lowest BCUT2D eigenvalue weighted by Gasteiger charge is -2.55. The number of aliphatic hydroxyl groups is 3. The molecule has 0 bridgehead atoms. The first-order valence-corrected chi connectivity index (χ1v) is 14.6. The molecule has 2 fully saturated rings. The highest BCUT2D eigenvalue weighted by Crippen LogP contribution is 2.66. The highest BCUT2D eigenvalue weighted by atomic mass is 16.6. The van der Waals surface area contributed by atoms with E-state index in [4.69, 9.17) is 18.9 Å². The van der Waals surface area contributed by atoms with E-state index in [1.807, 2.05) is 0 Å². The predicted molar refractivity (Wildman–Crippen MR) is 156 cm³/mol. The van der Waals surface area contributed by atoms with Crippen LogP contribution in [0.25, 0.3) is 0 Å². The van der Waals surface area contributed by atoms with Gasteiger partial charge in [-0.2, -0.15) is 0 Å². The molecule has 44 heavy (non-hydrogen) atoms. The lowest BCUT2D eigenvalue weighted by molar-refractivity contribution is -0.214. The van der Waals surface area contributed by atoms with Gasteiger partial charge in [0, 0.05) is 33.1 Å².